The van der Waals surface area contributed by atoms with Gasteiger partial charge in [0.2, 0.25) is 5.69 Å². The van der Waals surface area contributed by atoms with Crippen molar-refractivity contribution in [2.45, 2.75) is 4.90 Å². The third kappa shape index (κ3) is 4.13. The van der Waals surface area contributed by atoms with Gasteiger partial charge in [-0.2, -0.15) is 4.73 Å². The van der Waals surface area contributed by atoms with Crippen molar-refractivity contribution in [2.24, 2.45) is 0 Å². The Morgan fingerprint density at radius 1 is 1.00 bits per heavy atom. The smallest absolute Gasteiger partial charge is 0.266 e. The summed E-state index contributed by atoms with van der Waals surface area (Å²) in [6.07, 6.45) is 1.21. The van der Waals surface area contributed by atoms with Crippen molar-refractivity contribution >= 4 is 15.9 Å². The molecule has 3 aromatic rings. The number of carbonyl (C=O) groups is 1. The Morgan fingerprint density at radius 3 is 2.43 bits per heavy atom. The van der Waals surface area contributed by atoms with Gasteiger partial charge in [0.25, 0.3) is 15.9 Å². The molecule has 1 amide bonds. The van der Waals surface area contributed by atoms with Crippen LogP contribution in [0.3, 0.4) is 0 Å². The van der Waals surface area contributed by atoms with E-state index in [2.05, 4.69) is 0 Å². The average molecular weight is 405 g/mol. The Bertz CT molecular complexity index is 1150. The van der Waals surface area contributed by atoms with Gasteiger partial charge in [0.15, 0.2) is 6.20 Å². The SMILES string of the molecule is O=C(NNS(=O)(=O)c1ccccc1F)c1cc(F)cc(-c2cccc[n+]2[O-])c1. The summed E-state index contributed by atoms with van der Waals surface area (Å²) < 4.78 is 52.3. The van der Waals surface area contributed by atoms with E-state index in [-0.39, 0.29) is 16.8 Å². The maximum Gasteiger partial charge on any atom is 0.266 e. The molecule has 1 heterocycles. The van der Waals surface area contributed by atoms with Crippen molar-refractivity contribution in [3.8, 4) is 11.3 Å². The van der Waals surface area contributed by atoms with Crippen LogP contribution in [0.2, 0.25) is 0 Å². The van der Waals surface area contributed by atoms with Crippen molar-refractivity contribution in [3.05, 3.63) is 89.3 Å². The fourth-order valence-corrected chi connectivity index (χ4v) is 3.34. The highest BCUT2D eigenvalue weighted by Crippen LogP contribution is 2.19. The number of sulfonamides is 1. The molecule has 2 N–H and O–H groups in total. The summed E-state index contributed by atoms with van der Waals surface area (Å²) in [5.74, 6) is -2.79. The van der Waals surface area contributed by atoms with Gasteiger partial charge in [-0.1, -0.05) is 12.1 Å². The van der Waals surface area contributed by atoms with Crippen molar-refractivity contribution in [2.75, 3.05) is 0 Å². The van der Waals surface area contributed by atoms with Crippen molar-refractivity contribution < 1.29 is 26.7 Å². The number of nitrogens with one attached hydrogen (secondary N) is 2. The molecule has 0 fully saturated rings. The van der Waals surface area contributed by atoms with Gasteiger partial charge in [0.05, 0.1) is 5.56 Å². The summed E-state index contributed by atoms with van der Waals surface area (Å²) >= 11 is 0. The Hall–Kier alpha value is -3.37. The Morgan fingerprint density at radius 2 is 1.71 bits per heavy atom. The van der Waals surface area contributed by atoms with E-state index in [1.165, 1.54) is 36.5 Å². The van der Waals surface area contributed by atoms with Gasteiger partial charge in [-0.3, -0.25) is 10.2 Å². The molecular formula is C18H13F2N3O4S. The first-order valence-corrected chi connectivity index (χ1v) is 9.32. The minimum atomic E-state index is -4.38. The fraction of sp³-hybridized carbons (Fsp3) is 0. The minimum Gasteiger partial charge on any atom is -0.618 e. The summed E-state index contributed by atoms with van der Waals surface area (Å²) in [5.41, 5.74) is 1.87. The quantitative estimate of drug-likeness (QED) is 0.384. The first-order valence-electron chi connectivity index (χ1n) is 7.84. The number of aromatic nitrogens is 1. The Balaban J connectivity index is 1.84. The van der Waals surface area contributed by atoms with Crippen LogP contribution in [0.1, 0.15) is 10.4 Å². The molecule has 2 aromatic carbocycles. The monoisotopic (exact) mass is 405 g/mol. The van der Waals surface area contributed by atoms with Crippen LogP contribution in [0, 0.1) is 16.8 Å². The number of hydrogen-bond acceptors (Lipinski definition) is 4. The molecule has 0 atom stereocenters. The molecule has 0 saturated carbocycles. The zero-order valence-electron chi connectivity index (χ0n) is 14.1. The van der Waals surface area contributed by atoms with Crippen LogP contribution in [0.15, 0.2) is 71.8 Å². The number of amides is 1. The summed E-state index contributed by atoms with van der Waals surface area (Å²) in [6.45, 7) is 0. The first kappa shape index (κ1) is 19.4. The molecule has 0 unspecified atom stereocenters. The number of hydrazine groups is 1. The van der Waals surface area contributed by atoms with Crippen LogP contribution in [-0.2, 0) is 10.0 Å². The highest BCUT2D eigenvalue weighted by Gasteiger charge is 2.20. The van der Waals surface area contributed by atoms with Gasteiger partial charge < -0.3 is 5.21 Å². The Kier molecular flexibility index (Phi) is 5.34. The average Bonchev–Trinajstić information content (AvgIpc) is 2.66. The third-order valence-corrected chi connectivity index (χ3v) is 4.99. The lowest BCUT2D eigenvalue weighted by atomic mass is 10.1. The summed E-state index contributed by atoms with van der Waals surface area (Å²) in [7, 11) is -4.38. The summed E-state index contributed by atoms with van der Waals surface area (Å²) in [6, 6.07) is 12.2. The maximum atomic E-state index is 13.9. The zero-order valence-corrected chi connectivity index (χ0v) is 14.9. The fourth-order valence-electron chi connectivity index (χ4n) is 2.42. The molecular weight excluding hydrogens is 392 g/mol. The van der Waals surface area contributed by atoms with Crippen molar-refractivity contribution in [3.63, 3.8) is 0 Å². The Labute approximate surface area is 158 Å². The normalized spacial score (nSPS) is 11.2. The topological polar surface area (TPSA) is 102 Å². The van der Waals surface area contributed by atoms with Crippen LogP contribution >= 0.6 is 0 Å². The third-order valence-electron chi connectivity index (χ3n) is 3.70. The number of carbonyl (C=O) groups excluding carboxylic acids is 1. The highest BCUT2D eigenvalue weighted by atomic mass is 32.2. The van der Waals surface area contributed by atoms with Crippen LogP contribution in [0.4, 0.5) is 8.78 Å². The summed E-state index contributed by atoms with van der Waals surface area (Å²) in [4.78, 5) is 13.3. The van der Waals surface area contributed by atoms with E-state index in [4.69, 9.17) is 0 Å². The maximum absolute atomic E-state index is 13.9. The molecule has 10 heteroatoms. The predicted molar refractivity (Wildman–Crippen MR) is 95.0 cm³/mol. The van der Waals surface area contributed by atoms with Gasteiger partial charge >= 0.3 is 0 Å². The lowest BCUT2D eigenvalue weighted by molar-refractivity contribution is -0.593. The second-order valence-corrected chi connectivity index (χ2v) is 7.28. The van der Waals surface area contributed by atoms with E-state index in [1.807, 2.05) is 5.43 Å². The van der Waals surface area contributed by atoms with E-state index >= 15 is 0 Å². The number of pyridine rings is 1. The van der Waals surface area contributed by atoms with E-state index < -0.39 is 32.5 Å². The number of nitrogens with zero attached hydrogens (tertiary/aromatic N) is 1. The number of hydrogen-bond donors (Lipinski definition) is 2. The second-order valence-electron chi connectivity index (χ2n) is 5.63. The molecule has 0 aliphatic heterocycles. The van der Waals surface area contributed by atoms with E-state index in [0.29, 0.717) is 4.73 Å². The van der Waals surface area contributed by atoms with E-state index in [1.54, 1.807) is 10.9 Å². The molecule has 7 nitrogen and oxygen atoms in total. The lowest BCUT2D eigenvalue weighted by Gasteiger charge is -2.10. The molecule has 0 aliphatic rings. The molecule has 0 spiro atoms. The van der Waals surface area contributed by atoms with Gasteiger partial charge in [-0.05, 0) is 36.4 Å². The minimum absolute atomic E-state index is 0.1000. The molecule has 0 saturated heterocycles. The van der Waals surface area contributed by atoms with E-state index in [9.17, 15) is 27.2 Å². The number of rotatable bonds is 5. The number of benzene rings is 2. The predicted octanol–water partition coefficient (Wildman–Crippen LogP) is 1.89. The second kappa shape index (κ2) is 7.71. The van der Waals surface area contributed by atoms with Crippen LogP contribution < -0.4 is 15.0 Å². The first-order chi connectivity index (χ1) is 13.3. The highest BCUT2D eigenvalue weighted by molar-refractivity contribution is 7.89. The zero-order chi connectivity index (χ0) is 20.3. The van der Waals surface area contributed by atoms with Crippen LogP contribution in [0.25, 0.3) is 11.3 Å². The van der Waals surface area contributed by atoms with Crippen LogP contribution in [0.5, 0.6) is 0 Å². The van der Waals surface area contributed by atoms with Gasteiger partial charge in [0.1, 0.15) is 16.5 Å². The van der Waals surface area contributed by atoms with Crippen LogP contribution in [-0.4, -0.2) is 14.3 Å². The molecule has 0 radical (unpaired) electrons. The van der Waals surface area contributed by atoms with Gasteiger partial charge in [-0.25, -0.2) is 17.2 Å². The van der Waals surface area contributed by atoms with Crippen molar-refractivity contribution in [1.82, 2.24) is 10.3 Å². The standard InChI is InChI=1S/C18H13F2N3O4S/c19-14-10-12(16-6-3-4-8-23(16)25)9-13(11-14)18(24)21-22-28(26,27)17-7-2-1-5-15(17)20/h1-11,22H,(H,21,24). The largest absolute Gasteiger partial charge is 0.618 e. The van der Waals surface area contributed by atoms with Gasteiger partial charge in [0, 0.05) is 17.7 Å². The van der Waals surface area contributed by atoms with E-state index in [0.717, 1.165) is 24.3 Å². The lowest BCUT2D eigenvalue weighted by Crippen LogP contribution is -2.41. The molecule has 144 valence electrons. The number of halogens is 2. The van der Waals surface area contributed by atoms with Crippen molar-refractivity contribution in [1.29, 1.82) is 0 Å². The molecule has 0 bridgehead atoms. The molecule has 28 heavy (non-hydrogen) atoms. The van der Waals surface area contributed by atoms with Gasteiger partial charge in [-0.15, -0.1) is 4.83 Å². The molecule has 1 aromatic heterocycles. The molecule has 0 aliphatic carbocycles. The summed E-state index contributed by atoms with van der Waals surface area (Å²) in [5, 5.41) is 11.8. The molecule has 3 rings (SSSR count).